The standard InChI is InChI=1S/C30H49N3O4/c1-13-37-28(36)21(5)18-23(19(2)3)33(12)27(35)25(29(6,7)8)32-26(34)24(31-11)30(9,10)22-16-14-15-20(4)17-22/h14-19,23-25,31H,13H2,1-12H3,(H,32,34)/b21-18+/t23-,24+,25-/m1/s1. The second-order valence-electron chi connectivity index (χ2n) is 11.9. The summed E-state index contributed by atoms with van der Waals surface area (Å²) in [5.41, 5.74) is 1.54. The molecule has 0 spiro atoms. The van der Waals surface area contributed by atoms with Crippen molar-refractivity contribution >= 4 is 17.8 Å². The Morgan fingerprint density at radius 2 is 1.68 bits per heavy atom. The molecule has 0 fully saturated rings. The Morgan fingerprint density at radius 3 is 2.14 bits per heavy atom. The highest BCUT2D eigenvalue weighted by Gasteiger charge is 2.41. The van der Waals surface area contributed by atoms with Crippen LogP contribution in [0.15, 0.2) is 35.9 Å². The van der Waals surface area contributed by atoms with Crippen molar-refractivity contribution < 1.29 is 19.1 Å². The Bertz CT molecular complexity index is 975. The third-order valence-corrected chi connectivity index (χ3v) is 6.93. The minimum Gasteiger partial charge on any atom is -0.463 e. The zero-order chi connectivity index (χ0) is 28.7. The van der Waals surface area contributed by atoms with Crippen LogP contribution in [0.2, 0.25) is 0 Å². The Kier molecular flexibility index (Phi) is 11.6. The number of nitrogens with one attached hydrogen (secondary N) is 2. The van der Waals surface area contributed by atoms with Crippen molar-refractivity contribution in [1.29, 1.82) is 0 Å². The average molecular weight is 516 g/mol. The fourth-order valence-corrected chi connectivity index (χ4v) is 4.58. The summed E-state index contributed by atoms with van der Waals surface area (Å²) >= 11 is 0. The van der Waals surface area contributed by atoms with Gasteiger partial charge in [0.15, 0.2) is 0 Å². The molecule has 0 saturated heterocycles. The molecule has 7 heteroatoms. The maximum absolute atomic E-state index is 13.9. The number of carbonyl (C=O) groups is 3. The van der Waals surface area contributed by atoms with Crippen molar-refractivity contribution in [3.63, 3.8) is 0 Å². The fourth-order valence-electron chi connectivity index (χ4n) is 4.58. The van der Waals surface area contributed by atoms with Crippen LogP contribution >= 0.6 is 0 Å². The van der Waals surface area contributed by atoms with E-state index in [9.17, 15) is 14.4 Å². The lowest BCUT2D eigenvalue weighted by Gasteiger charge is -2.40. The number of nitrogens with zero attached hydrogens (tertiary/aromatic N) is 1. The first-order valence-electron chi connectivity index (χ1n) is 13.2. The summed E-state index contributed by atoms with van der Waals surface area (Å²) in [5, 5.41) is 6.24. The molecule has 0 radical (unpaired) electrons. The normalized spacial score (nSPS) is 15.1. The summed E-state index contributed by atoms with van der Waals surface area (Å²) < 4.78 is 5.12. The van der Waals surface area contributed by atoms with Gasteiger partial charge in [0.2, 0.25) is 11.8 Å². The van der Waals surface area contributed by atoms with E-state index in [-0.39, 0.29) is 30.4 Å². The summed E-state index contributed by atoms with van der Waals surface area (Å²) in [6, 6.07) is 6.45. The summed E-state index contributed by atoms with van der Waals surface area (Å²) in [6.45, 7) is 19.6. The lowest BCUT2D eigenvalue weighted by Crippen LogP contribution is -2.61. The molecule has 0 unspecified atom stereocenters. The highest BCUT2D eigenvalue weighted by atomic mass is 16.5. The van der Waals surface area contributed by atoms with Gasteiger partial charge in [0.05, 0.1) is 18.7 Å². The van der Waals surface area contributed by atoms with Gasteiger partial charge in [0, 0.05) is 18.0 Å². The summed E-state index contributed by atoms with van der Waals surface area (Å²) in [5.74, 6) is -0.810. The smallest absolute Gasteiger partial charge is 0.333 e. The number of amides is 2. The van der Waals surface area contributed by atoms with Gasteiger partial charge in [-0.3, -0.25) is 9.59 Å². The number of hydrogen-bond donors (Lipinski definition) is 2. The topological polar surface area (TPSA) is 87.7 Å². The minimum atomic E-state index is -0.772. The maximum atomic E-state index is 13.9. The van der Waals surface area contributed by atoms with Crippen LogP contribution in [0, 0.1) is 18.3 Å². The fraction of sp³-hybridized carbons (Fsp3) is 0.633. The van der Waals surface area contributed by atoms with Gasteiger partial charge in [-0.1, -0.05) is 84.4 Å². The Labute approximate surface area is 224 Å². The van der Waals surface area contributed by atoms with Gasteiger partial charge in [-0.15, -0.1) is 0 Å². The number of ether oxygens (including phenoxy) is 1. The molecule has 2 amide bonds. The lowest BCUT2D eigenvalue weighted by atomic mass is 9.76. The molecule has 1 aromatic rings. The number of likely N-dealkylation sites (N-methyl/N-ethyl adjacent to an activating group) is 2. The second-order valence-corrected chi connectivity index (χ2v) is 11.9. The average Bonchev–Trinajstić information content (AvgIpc) is 2.79. The number of aryl methyl sites for hydroxylation is 1. The van der Waals surface area contributed by atoms with E-state index >= 15 is 0 Å². The van der Waals surface area contributed by atoms with Crippen LogP contribution in [0.3, 0.4) is 0 Å². The van der Waals surface area contributed by atoms with Crippen LogP contribution in [0.1, 0.15) is 73.4 Å². The molecule has 1 aromatic carbocycles. The largest absolute Gasteiger partial charge is 0.463 e. The molecular formula is C30H49N3O4. The molecule has 0 aliphatic carbocycles. The number of hydrogen-bond acceptors (Lipinski definition) is 5. The van der Waals surface area contributed by atoms with Crippen molar-refractivity contribution in [2.24, 2.45) is 11.3 Å². The summed E-state index contributed by atoms with van der Waals surface area (Å²) in [4.78, 5) is 41.4. The second kappa shape index (κ2) is 13.2. The number of benzene rings is 1. The first-order valence-corrected chi connectivity index (χ1v) is 13.2. The van der Waals surface area contributed by atoms with Gasteiger partial charge in [-0.2, -0.15) is 0 Å². The van der Waals surface area contributed by atoms with Crippen LogP contribution < -0.4 is 10.6 Å². The number of carbonyl (C=O) groups excluding carboxylic acids is 3. The number of rotatable bonds is 11. The van der Waals surface area contributed by atoms with Gasteiger partial charge < -0.3 is 20.3 Å². The van der Waals surface area contributed by atoms with Crippen molar-refractivity contribution in [1.82, 2.24) is 15.5 Å². The van der Waals surface area contributed by atoms with Gasteiger partial charge >= 0.3 is 5.97 Å². The molecule has 37 heavy (non-hydrogen) atoms. The number of esters is 1. The van der Waals surface area contributed by atoms with Crippen LogP contribution in [0.5, 0.6) is 0 Å². The molecule has 0 saturated carbocycles. The monoisotopic (exact) mass is 515 g/mol. The molecule has 0 aliphatic heterocycles. The first-order chi connectivity index (χ1) is 17.0. The SMILES string of the molecule is CCOC(=O)/C(C)=C/[C@H](C(C)C)N(C)C(=O)[C@@H](NC(=O)[C@H](NC)C(C)(C)c1cccc(C)c1)C(C)(C)C. The van der Waals surface area contributed by atoms with Crippen LogP contribution in [-0.4, -0.2) is 61.5 Å². The van der Waals surface area contributed by atoms with E-state index in [1.807, 2.05) is 73.6 Å². The van der Waals surface area contributed by atoms with Crippen LogP contribution in [0.4, 0.5) is 0 Å². The molecule has 0 bridgehead atoms. The molecule has 7 nitrogen and oxygen atoms in total. The van der Waals surface area contributed by atoms with Crippen molar-refractivity contribution in [3.05, 3.63) is 47.0 Å². The van der Waals surface area contributed by atoms with Gasteiger partial charge in [0.25, 0.3) is 0 Å². The predicted octanol–water partition coefficient (Wildman–Crippen LogP) is 4.38. The quantitative estimate of drug-likeness (QED) is 0.337. The molecular weight excluding hydrogens is 466 g/mol. The Balaban J connectivity index is 3.31. The van der Waals surface area contributed by atoms with E-state index in [4.69, 9.17) is 4.74 Å². The maximum Gasteiger partial charge on any atom is 0.333 e. The third kappa shape index (κ3) is 8.42. The highest BCUT2D eigenvalue weighted by Crippen LogP contribution is 2.29. The molecule has 1 rings (SSSR count). The van der Waals surface area contributed by atoms with E-state index in [0.717, 1.165) is 11.1 Å². The Morgan fingerprint density at radius 1 is 1.08 bits per heavy atom. The molecule has 0 aliphatic rings. The van der Waals surface area contributed by atoms with E-state index < -0.39 is 28.9 Å². The Hall–Kier alpha value is -2.67. The summed E-state index contributed by atoms with van der Waals surface area (Å²) in [7, 11) is 3.48. The summed E-state index contributed by atoms with van der Waals surface area (Å²) in [6.07, 6.45) is 1.78. The minimum absolute atomic E-state index is 0.0416. The zero-order valence-electron chi connectivity index (χ0n) is 25.0. The lowest BCUT2D eigenvalue weighted by molar-refractivity contribution is -0.141. The van der Waals surface area contributed by atoms with E-state index in [2.05, 4.69) is 16.7 Å². The van der Waals surface area contributed by atoms with Crippen LogP contribution in [-0.2, 0) is 24.5 Å². The first kappa shape index (κ1) is 32.4. The molecule has 208 valence electrons. The zero-order valence-corrected chi connectivity index (χ0v) is 25.0. The van der Waals surface area contributed by atoms with Crippen molar-refractivity contribution in [2.45, 2.75) is 92.8 Å². The molecule has 2 N–H and O–H groups in total. The molecule has 0 heterocycles. The molecule has 0 aromatic heterocycles. The van der Waals surface area contributed by atoms with E-state index in [0.29, 0.717) is 5.57 Å². The van der Waals surface area contributed by atoms with Crippen LogP contribution in [0.25, 0.3) is 0 Å². The van der Waals surface area contributed by atoms with Gasteiger partial charge in [-0.05, 0) is 44.7 Å². The van der Waals surface area contributed by atoms with Crippen molar-refractivity contribution in [2.75, 3.05) is 20.7 Å². The van der Waals surface area contributed by atoms with Gasteiger partial charge in [-0.25, -0.2) is 4.79 Å². The predicted molar refractivity (Wildman–Crippen MR) is 150 cm³/mol. The molecule has 3 atom stereocenters. The van der Waals surface area contributed by atoms with E-state index in [1.54, 1.807) is 38.9 Å². The highest BCUT2D eigenvalue weighted by molar-refractivity contribution is 5.92. The third-order valence-electron chi connectivity index (χ3n) is 6.93. The van der Waals surface area contributed by atoms with Crippen molar-refractivity contribution in [3.8, 4) is 0 Å². The van der Waals surface area contributed by atoms with Gasteiger partial charge in [0.1, 0.15) is 6.04 Å². The van der Waals surface area contributed by atoms with E-state index in [1.165, 1.54) is 0 Å².